The van der Waals surface area contributed by atoms with Crippen molar-refractivity contribution < 1.29 is 0 Å². The summed E-state index contributed by atoms with van der Waals surface area (Å²) >= 11 is 0. The lowest BCUT2D eigenvalue weighted by Gasteiger charge is -2.07. The quantitative estimate of drug-likeness (QED) is 0.759. The molecule has 4 heteroatoms. The van der Waals surface area contributed by atoms with Crippen molar-refractivity contribution in [1.82, 2.24) is 9.97 Å². The van der Waals surface area contributed by atoms with Crippen LogP contribution in [0.1, 0.15) is 24.9 Å². The van der Waals surface area contributed by atoms with Crippen LogP contribution in [0.5, 0.6) is 0 Å². The lowest BCUT2D eigenvalue weighted by atomic mass is 10.3. The fraction of sp³-hybridized carbons (Fsp3) is 0.556. The molecule has 0 fully saturated rings. The molecule has 1 N–H and O–H groups in total. The van der Waals surface area contributed by atoms with E-state index in [0.717, 1.165) is 24.5 Å². The van der Waals surface area contributed by atoms with Gasteiger partial charge in [0.25, 0.3) is 0 Å². The Bertz CT molecular complexity index is 319. The van der Waals surface area contributed by atoms with Gasteiger partial charge in [-0.2, -0.15) is 5.26 Å². The maximum absolute atomic E-state index is 8.80. The highest BCUT2D eigenvalue weighted by atomic mass is 15.2. The van der Waals surface area contributed by atoms with Crippen LogP contribution in [0.2, 0.25) is 0 Å². The van der Waals surface area contributed by atoms with E-state index in [0.29, 0.717) is 5.69 Å². The predicted molar refractivity (Wildman–Crippen MR) is 51.6 cm³/mol. The number of anilines is 1. The molecule has 70 valence electrons. The molecule has 0 amide bonds. The first kappa shape index (κ1) is 9.59. The zero-order chi connectivity index (χ0) is 9.84. The summed E-state index contributed by atoms with van der Waals surface area (Å²) in [6.07, 6.45) is 1.92. The zero-order valence-electron chi connectivity index (χ0n) is 8.26. The Morgan fingerprint density at radius 2 is 2.23 bits per heavy atom. The first-order valence-electron chi connectivity index (χ1n) is 4.35. The Labute approximate surface area is 78.2 Å². The summed E-state index contributed by atoms with van der Waals surface area (Å²) < 4.78 is 0. The third-order valence-electron chi connectivity index (χ3n) is 1.76. The number of aryl methyl sites for hydroxylation is 1. The summed E-state index contributed by atoms with van der Waals surface area (Å²) in [6, 6.07) is 2.10. The van der Waals surface area contributed by atoms with Crippen LogP contribution in [0.15, 0.2) is 0 Å². The molecule has 0 radical (unpaired) electrons. The Hall–Kier alpha value is -1.50. The van der Waals surface area contributed by atoms with Crippen LogP contribution in [-0.2, 0) is 6.42 Å². The summed E-state index contributed by atoms with van der Waals surface area (Å²) in [4.78, 5) is 9.16. The Morgan fingerprint density at radius 1 is 1.54 bits per heavy atom. The van der Waals surface area contributed by atoms with Crippen LogP contribution in [0.25, 0.3) is 0 Å². The molecule has 0 aliphatic heterocycles. The van der Waals surface area contributed by atoms with Crippen LogP contribution in [0.4, 0.5) is 5.82 Å². The van der Waals surface area contributed by atoms with Crippen molar-refractivity contribution in [3.8, 4) is 6.07 Å². The lowest BCUT2D eigenvalue weighted by molar-refractivity contribution is 0.853. The number of rotatable bonds is 3. The molecule has 0 unspecified atom stereocenters. The molecule has 0 saturated carbocycles. The van der Waals surface area contributed by atoms with Crippen molar-refractivity contribution in [2.45, 2.75) is 19.8 Å². The molecule has 1 rings (SSSR count). The second-order valence-corrected chi connectivity index (χ2v) is 3.14. The first-order chi connectivity index (χ1) is 6.19. The zero-order valence-corrected chi connectivity index (χ0v) is 8.26. The third kappa shape index (κ3) is 2.00. The number of hydrogen-bond donors (Lipinski definition) is 1. The van der Waals surface area contributed by atoms with Crippen molar-refractivity contribution in [1.29, 1.82) is 5.26 Å². The highest BCUT2D eigenvalue weighted by Gasteiger charge is 2.10. The standard InChI is InChI=1S/C9H14N4/c1-4-5-8-11-7(6-10)9(12-8)13(2)3/h4-5H2,1-3H3,(H,11,12). The van der Waals surface area contributed by atoms with E-state index in [-0.39, 0.29) is 0 Å². The maximum Gasteiger partial charge on any atom is 0.165 e. The summed E-state index contributed by atoms with van der Waals surface area (Å²) in [5, 5.41) is 8.80. The van der Waals surface area contributed by atoms with E-state index in [1.807, 2.05) is 19.0 Å². The van der Waals surface area contributed by atoms with Crippen molar-refractivity contribution >= 4 is 5.82 Å². The van der Waals surface area contributed by atoms with Gasteiger partial charge in [-0.15, -0.1) is 0 Å². The number of hydrogen-bond acceptors (Lipinski definition) is 3. The molecule has 13 heavy (non-hydrogen) atoms. The molecule has 4 nitrogen and oxygen atoms in total. The van der Waals surface area contributed by atoms with Crippen molar-refractivity contribution in [2.24, 2.45) is 0 Å². The van der Waals surface area contributed by atoms with E-state index in [4.69, 9.17) is 5.26 Å². The molecule has 0 saturated heterocycles. The van der Waals surface area contributed by atoms with Gasteiger partial charge in [0.05, 0.1) is 0 Å². The van der Waals surface area contributed by atoms with E-state index < -0.39 is 0 Å². The number of imidazole rings is 1. The Kier molecular flexibility index (Phi) is 2.91. The lowest BCUT2D eigenvalue weighted by Crippen LogP contribution is -2.10. The van der Waals surface area contributed by atoms with Crippen LogP contribution < -0.4 is 4.90 Å². The molecule has 0 aliphatic rings. The van der Waals surface area contributed by atoms with Crippen molar-refractivity contribution in [3.05, 3.63) is 11.5 Å². The molecule has 1 aromatic heterocycles. The number of nitrogens with one attached hydrogen (secondary N) is 1. The van der Waals surface area contributed by atoms with Crippen LogP contribution in [0, 0.1) is 11.3 Å². The summed E-state index contributed by atoms with van der Waals surface area (Å²) in [5.41, 5.74) is 0.549. The van der Waals surface area contributed by atoms with E-state index in [9.17, 15) is 0 Å². The number of aromatic nitrogens is 2. The molecule has 1 aromatic rings. The van der Waals surface area contributed by atoms with Gasteiger partial charge in [-0.3, -0.25) is 0 Å². The van der Waals surface area contributed by atoms with Crippen molar-refractivity contribution in [2.75, 3.05) is 19.0 Å². The number of H-pyrrole nitrogens is 1. The molecule has 0 atom stereocenters. The fourth-order valence-electron chi connectivity index (χ4n) is 1.17. The number of nitriles is 1. The van der Waals surface area contributed by atoms with Crippen molar-refractivity contribution in [3.63, 3.8) is 0 Å². The highest BCUT2D eigenvalue weighted by molar-refractivity contribution is 5.49. The highest BCUT2D eigenvalue weighted by Crippen LogP contribution is 2.14. The predicted octanol–water partition coefficient (Wildman–Crippen LogP) is 1.30. The van der Waals surface area contributed by atoms with E-state index in [1.165, 1.54) is 0 Å². The third-order valence-corrected chi connectivity index (χ3v) is 1.76. The summed E-state index contributed by atoms with van der Waals surface area (Å²) in [7, 11) is 3.76. The van der Waals surface area contributed by atoms with E-state index in [1.54, 1.807) is 0 Å². The van der Waals surface area contributed by atoms with Gasteiger partial charge in [0.1, 0.15) is 11.9 Å². The molecular formula is C9H14N4. The smallest absolute Gasteiger partial charge is 0.165 e. The average Bonchev–Trinajstić information content (AvgIpc) is 2.48. The molecular weight excluding hydrogens is 164 g/mol. The Morgan fingerprint density at radius 3 is 2.62 bits per heavy atom. The fourth-order valence-corrected chi connectivity index (χ4v) is 1.17. The van der Waals surface area contributed by atoms with E-state index in [2.05, 4.69) is 23.0 Å². The van der Waals surface area contributed by atoms with Gasteiger partial charge < -0.3 is 9.88 Å². The number of nitrogens with zero attached hydrogens (tertiary/aromatic N) is 3. The first-order valence-corrected chi connectivity index (χ1v) is 4.35. The molecule has 0 aromatic carbocycles. The minimum Gasteiger partial charge on any atom is -0.360 e. The van der Waals surface area contributed by atoms with Gasteiger partial charge in [0.2, 0.25) is 0 Å². The minimum absolute atomic E-state index is 0.549. The molecule has 0 spiro atoms. The topological polar surface area (TPSA) is 55.7 Å². The minimum atomic E-state index is 0.549. The number of aromatic amines is 1. The van der Waals surface area contributed by atoms with Gasteiger partial charge in [-0.05, 0) is 6.42 Å². The summed E-state index contributed by atoms with van der Waals surface area (Å²) in [6.45, 7) is 2.09. The average molecular weight is 178 g/mol. The molecule has 0 aliphatic carbocycles. The molecule has 1 heterocycles. The van der Waals surface area contributed by atoms with Gasteiger partial charge in [-0.25, -0.2) is 4.98 Å². The maximum atomic E-state index is 8.80. The van der Waals surface area contributed by atoms with E-state index >= 15 is 0 Å². The Balaban J connectivity index is 2.99. The monoisotopic (exact) mass is 178 g/mol. The summed E-state index contributed by atoms with van der Waals surface area (Å²) in [5.74, 6) is 1.62. The van der Waals surface area contributed by atoms with Gasteiger partial charge >= 0.3 is 0 Å². The van der Waals surface area contributed by atoms with Crippen LogP contribution in [0.3, 0.4) is 0 Å². The second kappa shape index (κ2) is 3.94. The molecule has 0 bridgehead atoms. The largest absolute Gasteiger partial charge is 0.360 e. The van der Waals surface area contributed by atoms with Gasteiger partial charge in [-0.1, -0.05) is 6.92 Å². The van der Waals surface area contributed by atoms with Gasteiger partial charge in [0.15, 0.2) is 11.5 Å². The second-order valence-electron chi connectivity index (χ2n) is 3.14. The normalized spacial score (nSPS) is 9.69. The SMILES string of the molecule is CCCc1nc(N(C)C)c(C#N)[nH]1. The van der Waals surface area contributed by atoms with Crippen LogP contribution >= 0.6 is 0 Å². The van der Waals surface area contributed by atoms with Gasteiger partial charge in [0, 0.05) is 20.5 Å². The van der Waals surface area contributed by atoms with Crippen LogP contribution in [-0.4, -0.2) is 24.1 Å².